The van der Waals surface area contributed by atoms with Gasteiger partial charge in [0.05, 0.1) is 18.0 Å². The third kappa shape index (κ3) is 2.20. The van der Waals surface area contributed by atoms with E-state index >= 15 is 0 Å². The number of hydrogen-bond acceptors (Lipinski definition) is 3. The summed E-state index contributed by atoms with van der Waals surface area (Å²) in [4.78, 5) is 0. The van der Waals surface area contributed by atoms with E-state index in [1.54, 1.807) is 24.3 Å². The number of hydrogen-bond donors (Lipinski definition) is 1. The van der Waals surface area contributed by atoms with E-state index in [4.69, 9.17) is 5.11 Å². The highest BCUT2D eigenvalue weighted by Gasteiger charge is 2.25. The Balaban J connectivity index is 2.28. The monoisotopic (exact) mass is 241 g/mol. The summed E-state index contributed by atoms with van der Waals surface area (Å²) in [5, 5.41) is 8.91. The van der Waals surface area contributed by atoms with Crippen molar-refractivity contribution in [3.63, 3.8) is 0 Å². The Hall–Kier alpha value is -1.07. The van der Waals surface area contributed by atoms with Gasteiger partial charge in [0.15, 0.2) is 0 Å². The van der Waals surface area contributed by atoms with Crippen molar-refractivity contribution < 1.29 is 13.5 Å². The number of benzene rings is 1. The molecular formula is C11H15NO3S. The fourth-order valence-electron chi connectivity index (χ4n) is 1.85. The molecule has 88 valence electrons. The zero-order valence-corrected chi connectivity index (χ0v) is 9.78. The van der Waals surface area contributed by atoms with Crippen LogP contribution in [0.15, 0.2) is 24.3 Å². The highest BCUT2D eigenvalue weighted by Crippen LogP contribution is 2.23. The van der Waals surface area contributed by atoms with Crippen LogP contribution in [0.4, 0.5) is 5.69 Å². The van der Waals surface area contributed by atoms with E-state index in [-0.39, 0.29) is 12.4 Å². The molecule has 1 aliphatic heterocycles. The second-order valence-corrected chi connectivity index (χ2v) is 5.93. The van der Waals surface area contributed by atoms with Crippen LogP contribution < -0.4 is 4.31 Å². The van der Waals surface area contributed by atoms with Crippen molar-refractivity contribution in [2.75, 3.05) is 16.6 Å². The summed E-state index contributed by atoms with van der Waals surface area (Å²) >= 11 is 0. The van der Waals surface area contributed by atoms with Gasteiger partial charge in [-0.3, -0.25) is 4.31 Å². The topological polar surface area (TPSA) is 57.6 Å². The van der Waals surface area contributed by atoms with Gasteiger partial charge in [-0.15, -0.1) is 0 Å². The molecule has 2 rings (SSSR count). The third-order valence-corrected chi connectivity index (χ3v) is 4.63. The highest BCUT2D eigenvalue weighted by atomic mass is 32.2. The van der Waals surface area contributed by atoms with Gasteiger partial charge in [-0.25, -0.2) is 8.42 Å². The Morgan fingerprint density at radius 2 is 1.88 bits per heavy atom. The van der Waals surface area contributed by atoms with Crippen molar-refractivity contribution in [3.05, 3.63) is 29.8 Å². The molecule has 1 aliphatic rings. The average molecular weight is 241 g/mol. The first kappa shape index (κ1) is 11.4. The molecule has 5 heteroatoms. The smallest absolute Gasteiger partial charge is 0.235 e. The lowest BCUT2D eigenvalue weighted by molar-refractivity contribution is 0.282. The first-order valence-electron chi connectivity index (χ1n) is 5.34. The van der Waals surface area contributed by atoms with Crippen molar-refractivity contribution in [2.24, 2.45) is 0 Å². The Labute approximate surface area is 95.6 Å². The number of aliphatic hydroxyl groups is 1. The van der Waals surface area contributed by atoms with Crippen LogP contribution in [-0.2, 0) is 16.6 Å². The molecule has 16 heavy (non-hydrogen) atoms. The molecular weight excluding hydrogens is 226 g/mol. The maximum atomic E-state index is 11.8. The minimum absolute atomic E-state index is 0.0208. The minimum atomic E-state index is -3.13. The number of anilines is 1. The molecule has 0 radical (unpaired) electrons. The third-order valence-electron chi connectivity index (χ3n) is 2.76. The number of nitrogens with zero attached hydrogens (tertiary/aromatic N) is 1. The summed E-state index contributed by atoms with van der Waals surface area (Å²) in [5.74, 6) is 0.231. The first-order chi connectivity index (χ1) is 7.63. The maximum Gasteiger partial charge on any atom is 0.235 e. The summed E-state index contributed by atoms with van der Waals surface area (Å²) in [7, 11) is -3.13. The molecule has 1 N–H and O–H groups in total. The van der Waals surface area contributed by atoms with Crippen LogP contribution in [0.2, 0.25) is 0 Å². The minimum Gasteiger partial charge on any atom is -0.392 e. The molecule has 0 saturated carbocycles. The quantitative estimate of drug-likeness (QED) is 0.843. The lowest BCUT2D eigenvalue weighted by atomic mass is 10.2. The van der Waals surface area contributed by atoms with Gasteiger partial charge in [0.25, 0.3) is 0 Å². The second kappa shape index (κ2) is 4.43. The van der Waals surface area contributed by atoms with Crippen LogP contribution in [0.25, 0.3) is 0 Å². The zero-order valence-electron chi connectivity index (χ0n) is 8.96. The van der Waals surface area contributed by atoms with E-state index in [0.717, 1.165) is 18.4 Å². The van der Waals surface area contributed by atoms with Gasteiger partial charge in [-0.2, -0.15) is 0 Å². The van der Waals surface area contributed by atoms with Crippen molar-refractivity contribution in [3.8, 4) is 0 Å². The van der Waals surface area contributed by atoms with Gasteiger partial charge in [0, 0.05) is 6.54 Å². The predicted molar refractivity (Wildman–Crippen MR) is 62.7 cm³/mol. The molecule has 1 aromatic rings. The van der Waals surface area contributed by atoms with E-state index in [0.29, 0.717) is 12.2 Å². The van der Waals surface area contributed by atoms with Crippen molar-refractivity contribution in [1.29, 1.82) is 0 Å². The SMILES string of the molecule is O=S1(=O)CCCCN1c1ccc(CO)cc1. The van der Waals surface area contributed by atoms with E-state index in [2.05, 4.69) is 0 Å². The maximum absolute atomic E-state index is 11.8. The molecule has 0 aromatic heterocycles. The van der Waals surface area contributed by atoms with Gasteiger partial charge >= 0.3 is 0 Å². The van der Waals surface area contributed by atoms with Gasteiger partial charge < -0.3 is 5.11 Å². The standard InChI is InChI=1S/C11H15NO3S/c13-9-10-3-5-11(6-4-10)12-7-1-2-8-16(12,14)15/h3-6,13H,1-2,7-9H2. The van der Waals surface area contributed by atoms with Crippen molar-refractivity contribution in [2.45, 2.75) is 19.4 Å². The van der Waals surface area contributed by atoms with Crippen LogP contribution in [-0.4, -0.2) is 25.8 Å². The van der Waals surface area contributed by atoms with Crippen molar-refractivity contribution >= 4 is 15.7 Å². The number of aliphatic hydroxyl groups excluding tert-OH is 1. The van der Waals surface area contributed by atoms with Crippen LogP contribution in [0.3, 0.4) is 0 Å². The molecule has 1 saturated heterocycles. The number of sulfonamides is 1. The summed E-state index contributed by atoms with van der Waals surface area (Å²) in [6.07, 6.45) is 1.65. The highest BCUT2D eigenvalue weighted by molar-refractivity contribution is 7.92. The Morgan fingerprint density at radius 3 is 2.44 bits per heavy atom. The Kier molecular flexibility index (Phi) is 3.16. The van der Waals surface area contributed by atoms with E-state index in [1.165, 1.54) is 4.31 Å². The Morgan fingerprint density at radius 1 is 1.19 bits per heavy atom. The zero-order chi connectivity index (χ0) is 11.6. The van der Waals surface area contributed by atoms with Gasteiger partial charge in [-0.05, 0) is 30.5 Å². The predicted octanol–water partition coefficient (Wildman–Crippen LogP) is 1.11. The van der Waals surface area contributed by atoms with E-state index in [1.807, 2.05) is 0 Å². The molecule has 0 bridgehead atoms. The molecule has 1 heterocycles. The van der Waals surface area contributed by atoms with Gasteiger partial charge in [-0.1, -0.05) is 12.1 Å². The molecule has 0 atom stereocenters. The fourth-order valence-corrected chi connectivity index (χ4v) is 3.49. The molecule has 1 aromatic carbocycles. The lowest BCUT2D eigenvalue weighted by Gasteiger charge is -2.28. The van der Waals surface area contributed by atoms with Gasteiger partial charge in [0.1, 0.15) is 0 Å². The van der Waals surface area contributed by atoms with Crippen molar-refractivity contribution in [1.82, 2.24) is 0 Å². The molecule has 4 nitrogen and oxygen atoms in total. The summed E-state index contributed by atoms with van der Waals surface area (Å²) < 4.78 is 25.1. The van der Waals surface area contributed by atoms with Crippen LogP contribution >= 0.6 is 0 Å². The van der Waals surface area contributed by atoms with Gasteiger partial charge in [0.2, 0.25) is 10.0 Å². The number of rotatable bonds is 2. The van der Waals surface area contributed by atoms with Crippen LogP contribution in [0.5, 0.6) is 0 Å². The fraction of sp³-hybridized carbons (Fsp3) is 0.455. The molecule has 1 fully saturated rings. The van der Waals surface area contributed by atoms with Crippen LogP contribution in [0.1, 0.15) is 18.4 Å². The normalized spacial score (nSPS) is 19.7. The second-order valence-electron chi connectivity index (χ2n) is 3.92. The summed E-state index contributed by atoms with van der Waals surface area (Å²) in [5.41, 5.74) is 1.48. The van der Waals surface area contributed by atoms with E-state index < -0.39 is 10.0 Å². The first-order valence-corrected chi connectivity index (χ1v) is 6.94. The average Bonchev–Trinajstić information content (AvgIpc) is 2.29. The molecule has 0 spiro atoms. The summed E-state index contributed by atoms with van der Waals surface area (Å²) in [6, 6.07) is 6.99. The molecule has 0 unspecified atom stereocenters. The molecule has 0 amide bonds. The molecule has 0 aliphatic carbocycles. The largest absolute Gasteiger partial charge is 0.392 e. The summed E-state index contributed by atoms with van der Waals surface area (Å²) in [6.45, 7) is 0.536. The lowest BCUT2D eigenvalue weighted by Crippen LogP contribution is -2.37. The Bertz CT molecular complexity index is 453. The van der Waals surface area contributed by atoms with E-state index in [9.17, 15) is 8.42 Å². The van der Waals surface area contributed by atoms with Crippen LogP contribution in [0, 0.1) is 0 Å².